The lowest BCUT2D eigenvalue weighted by atomic mass is 9.94. The van der Waals surface area contributed by atoms with Crippen molar-refractivity contribution >= 4 is 0 Å². The SMILES string of the molecule is Cc1c(CC2CCCC2)ccc(OC2CC2)c1OC(F)(F)F. The van der Waals surface area contributed by atoms with Gasteiger partial charge in [0.2, 0.25) is 0 Å². The minimum absolute atomic E-state index is 0.0377. The first-order valence-electron chi connectivity index (χ1n) is 7.97. The standard InChI is InChI=1S/C17H21F3O2/c1-11-13(10-12-4-2-3-5-12)6-9-15(21-14-7-8-14)16(11)22-17(18,19)20/h6,9,12,14H,2-5,7-8,10H2,1H3. The molecule has 1 aromatic rings. The summed E-state index contributed by atoms with van der Waals surface area (Å²) < 4.78 is 48.0. The molecule has 0 aliphatic heterocycles. The summed E-state index contributed by atoms with van der Waals surface area (Å²) in [5, 5.41) is 0. The van der Waals surface area contributed by atoms with Crippen molar-refractivity contribution < 1.29 is 22.6 Å². The summed E-state index contributed by atoms with van der Waals surface area (Å²) in [5.74, 6) is 0.634. The normalized spacial score (nSPS) is 19.5. The van der Waals surface area contributed by atoms with Gasteiger partial charge in [-0.05, 0) is 49.3 Å². The van der Waals surface area contributed by atoms with E-state index in [1.807, 2.05) is 6.07 Å². The second-order valence-corrected chi connectivity index (χ2v) is 6.40. The summed E-state index contributed by atoms with van der Waals surface area (Å²) in [7, 11) is 0. The lowest BCUT2D eigenvalue weighted by Crippen LogP contribution is -2.19. The van der Waals surface area contributed by atoms with Crippen molar-refractivity contribution in [1.29, 1.82) is 0 Å². The van der Waals surface area contributed by atoms with Crippen molar-refractivity contribution in [1.82, 2.24) is 0 Å². The molecule has 5 heteroatoms. The Morgan fingerprint density at radius 3 is 2.36 bits per heavy atom. The number of rotatable bonds is 5. The summed E-state index contributed by atoms with van der Waals surface area (Å²) in [6, 6.07) is 3.53. The monoisotopic (exact) mass is 314 g/mol. The van der Waals surface area contributed by atoms with Crippen molar-refractivity contribution in [2.45, 2.75) is 64.3 Å². The number of alkyl halides is 3. The van der Waals surface area contributed by atoms with Crippen molar-refractivity contribution in [2.24, 2.45) is 5.92 Å². The third kappa shape index (κ3) is 3.87. The molecule has 0 unspecified atom stereocenters. The number of benzene rings is 1. The lowest BCUT2D eigenvalue weighted by molar-refractivity contribution is -0.275. The van der Waals surface area contributed by atoms with Crippen LogP contribution in [0, 0.1) is 12.8 Å². The van der Waals surface area contributed by atoms with Gasteiger partial charge in [-0.15, -0.1) is 13.2 Å². The van der Waals surface area contributed by atoms with Crippen molar-refractivity contribution in [2.75, 3.05) is 0 Å². The van der Waals surface area contributed by atoms with E-state index in [1.54, 1.807) is 13.0 Å². The molecule has 2 aliphatic carbocycles. The van der Waals surface area contributed by atoms with Gasteiger partial charge in [0, 0.05) is 0 Å². The van der Waals surface area contributed by atoms with Crippen LogP contribution >= 0.6 is 0 Å². The second-order valence-electron chi connectivity index (χ2n) is 6.40. The van der Waals surface area contributed by atoms with Crippen LogP contribution in [0.25, 0.3) is 0 Å². The highest BCUT2D eigenvalue weighted by Crippen LogP contribution is 2.41. The van der Waals surface area contributed by atoms with Crippen LogP contribution in [0.5, 0.6) is 11.5 Å². The van der Waals surface area contributed by atoms with E-state index in [0.29, 0.717) is 11.5 Å². The molecule has 122 valence electrons. The van der Waals surface area contributed by atoms with Gasteiger partial charge >= 0.3 is 6.36 Å². The molecule has 1 aromatic carbocycles. The average Bonchev–Trinajstić information content (AvgIpc) is 3.10. The molecule has 2 fully saturated rings. The molecule has 0 amide bonds. The van der Waals surface area contributed by atoms with Crippen molar-refractivity contribution in [3.8, 4) is 11.5 Å². The Bertz CT molecular complexity index is 529. The third-order valence-electron chi connectivity index (χ3n) is 4.50. The molecule has 0 radical (unpaired) electrons. The Balaban J connectivity index is 1.85. The van der Waals surface area contributed by atoms with Gasteiger partial charge in [-0.1, -0.05) is 31.7 Å². The first-order chi connectivity index (χ1) is 10.4. The zero-order valence-corrected chi connectivity index (χ0v) is 12.7. The van der Waals surface area contributed by atoms with Crippen LogP contribution in [0.15, 0.2) is 12.1 Å². The van der Waals surface area contributed by atoms with Crippen LogP contribution in [0.1, 0.15) is 49.7 Å². The minimum Gasteiger partial charge on any atom is -0.487 e. The second kappa shape index (κ2) is 6.01. The van der Waals surface area contributed by atoms with Gasteiger partial charge in [-0.3, -0.25) is 0 Å². The maximum absolute atomic E-state index is 12.7. The van der Waals surface area contributed by atoms with E-state index in [9.17, 15) is 13.2 Å². The van der Waals surface area contributed by atoms with Gasteiger partial charge in [-0.2, -0.15) is 0 Å². The van der Waals surface area contributed by atoms with Crippen molar-refractivity contribution in [3.05, 3.63) is 23.3 Å². The molecule has 2 nitrogen and oxygen atoms in total. The van der Waals surface area contributed by atoms with Gasteiger partial charge in [0.05, 0.1) is 6.10 Å². The van der Waals surface area contributed by atoms with Crippen LogP contribution in [0.3, 0.4) is 0 Å². The Kier molecular flexibility index (Phi) is 4.24. The van der Waals surface area contributed by atoms with E-state index in [2.05, 4.69) is 4.74 Å². The number of hydrogen-bond donors (Lipinski definition) is 0. The fraction of sp³-hybridized carbons (Fsp3) is 0.647. The summed E-state index contributed by atoms with van der Waals surface area (Å²) in [6.07, 6.45) is 2.72. The zero-order chi connectivity index (χ0) is 15.7. The molecule has 0 spiro atoms. The number of ether oxygens (including phenoxy) is 2. The quantitative estimate of drug-likeness (QED) is 0.746. The maximum atomic E-state index is 12.7. The molecular weight excluding hydrogens is 293 g/mol. The lowest BCUT2D eigenvalue weighted by Gasteiger charge is -2.19. The fourth-order valence-electron chi connectivity index (χ4n) is 3.16. The van der Waals surface area contributed by atoms with Gasteiger partial charge in [0.1, 0.15) is 0 Å². The molecule has 2 aliphatic rings. The van der Waals surface area contributed by atoms with E-state index in [0.717, 1.165) is 37.7 Å². The summed E-state index contributed by atoms with van der Waals surface area (Å²) in [5.41, 5.74) is 1.50. The maximum Gasteiger partial charge on any atom is 0.573 e. The minimum atomic E-state index is -4.70. The average molecular weight is 314 g/mol. The highest BCUT2D eigenvalue weighted by atomic mass is 19.4. The fourth-order valence-corrected chi connectivity index (χ4v) is 3.16. The topological polar surface area (TPSA) is 18.5 Å². The number of halogens is 3. The van der Waals surface area contributed by atoms with Crippen LogP contribution in [0.2, 0.25) is 0 Å². The first-order valence-corrected chi connectivity index (χ1v) is 7.97. The van der Waals surface area contributed by atoms with Crippen LogP contribution < -0.4 is 9.47 Å². The highest BCUT2D eigenvalue weighted by Gasteiger charge is 2.35. The molecule has 0 N–H and O–H groups in total. The molecule has 22 heavy (non-hydrogen) atoms. The molecule has 0 bridgehead atoms. The summed E-state index contributed by atoms with van der Waals surface area (Å²) in [6.45, 7) is 1.70. The predicted molar refractivity (Wildman–Crippen MR) is 77.2 cm³/mol. The van der Waals surface area contributed by atoms with E-state index < -0.39 is 6.36 Å². The Labute approximate surface area is 128 Å². The van der Waals surface area contributed by atoms with Gasteiger partial charge in [-0.25, -0.2) is 0 Å². The van der Waals surface area contributed by atoms with E-state index in [4.69, 9.17) is 4.74 Å². The summed E-state index contributed by atoms with van der Waals surface area (Å²) >= 11 is 0. The van der Waals surface area contributed by atoms with E-state index in [1.165, 1.54) is 12.8 Å². The largest absolute Gasteiger partial charge is 0.573 e. The Morgan fingerprint density at radius 1 is 1.09 bits per heavy atom. The molecule has 2 saturated carbocycles. The van der Waals surface area contributed by atoms with Crippen LogP contribution in [-0.2, 0) is 6.42 Å². The van der Waals surface area contributed by atoms with E-state index in [-0.39, 0.29) is 17.6 Å². The smallest absolute Gasteiger partial charge is 0.487 e. The molecular formula is C17H21F3O2. The van der Waals surface area contributed by atoms with Crippen LogP contribution in [0.4, 0.5) is 13.2 Å². The first kappa shape index (κ1) is 15.5. The molecule has 0 atom stereocenters. The molecule has 3 rings (SSSR count). The molecule has 0 aromatic heterocycles. The Hall–Kier alpha value is -1.39. The van der Waals surface area contributed by atoms with E-state index >= 15 is 0 Å². The van der Waals surface area contributed by atoms with Gasteiger partial charge < -0.3 is 9.47 Å². The van der Waals surface area contributed by atoms with Crippen molar-refractivity contribution in [3.63, 3.8) is 0 Å². The third-order valence-corrected chi connectivity index (χ3v) is 4.50. The summed E-state index contributed by atoms with van der Waals surface area (Å²) in [4.78, 5) is 0. The highest BCUT2D eigenvalue weighted by molar-refractivity contribution is 5.50. The Morgan fingerprint density at radius 2 is 1.77 bits per heavy atom. The van der Waals surface area contributed by atoms with Crippen LogP contribution in [-0.4, -0.2) is 12.5 Å². The predicted octanol–water partition coefficient (Wildman–Crippen LogP) is 5.17. The number of hydrogen-bond acceptors (Lipinski definition) is 2. The molecule has 0 heterocycles. The zero-order valence-electron chi connectivity index (χ0n) is 12.7. The van der Waals surface area contributed by atoms with Gasteiger partial charge in [0.15, 0.2) is 11.5 Å². The molecule has 0 saturated heterocycles. The van der Waals surface area contributed by atoms with Gasteiger partial charge in [0.25, 0.3) is 0 Å².